The summed E-state index contributed by atoms with van der Waals surface area (Å²) in [5.74, 6) is -1.34. The average Bonchev–Trinajstić information content (AvgIpc) is 2.69. The summed E-state index contributed by atoms with van der Waals surface area (Å²) < 4.78 is 12.8. The van der Waals surface area contributed by atoms with Gasteiger partial charge in [-0.2, -0.15) is 0 Å². The zero-order valence-electron chi connectivity index (χ0n) is 12.3. The highest BCUT2D eigenvalue weighted by atomic mass is 19.1. The van der Waals surface area contributed by atoms with Crippen molar-refractivity contribution in [2.24, 2.45) is 5.92 Å². The number of para-hydroxylation sites is 2. The third kappa shape index (κ3) is 3.66. The summed E-state index contributed by atoms with van der Waals surface area (Å²) in [6.45, 7) is 0.375. The first-order valence-electron chi connectivity index (χ1n) is 7.31. The van der Waals surface area contributed by atoms with Crippen LogP contribution in [0.4, 0.5) is 21.5 Å². The van der Waals surface area contributed by atoms with E-state index in [9.17, 15) is 14.0 Å². The lowest BCUT2D eigenvalue weighted by molar-refractivity contribution is -0.124. The number of hydrogen-bond donors (Lipinski definition) is 3. The van der Waals surface area contributed by atoms with Crippen LogP contribution in [0.25, 0.3) is 0 Å². The van der Waals surface area contributed by atoms with Crippen LogP contribution in [0, 0.1) is 11.7 Å². The van der Waals surface area contributed by atoms with Crippen LogP contribution in [0.3, 0.4) is 0 Å². The van der Waals surface area contributed by atoms with Gasteiger partial charge in [-0.15, -0.1) is 0 Å². The molecule has 0 aliphatic carbocycles. The van der Waals surface area contributed by atoms with Gasteiger partial charge in [0.25, 0.3) is 0 Å². The van der Waals surface area contributed by atoms with E-state index in [0.29, 0.717) is 17.9 Å². The molecule has 2 aromatic rings. The Morgan fingerprint density at radius 3 is 2.57 bits per heavy atom. The number of amides is 2. The van der Waals surface area contributed by atoms with E-state index in [2.05, 4.69) is 16.0 Å². The van der Waals surface area contributed by atoms with Crippen LogP contribution in [-0.4, -0.2) is 18.4 Å². The summed E-state index contributed by atoms with van der Waals surface area (Å²) in [5, 5.41) is 8.65. The van der Waals surface area contributed by atoms with E-state index >= 15 is 0 Å². The first-order valence-corrected chi connectivity index (χ1v) is 7.31. The standard InChI is InChI=1S/C17H16FN3O2/c18-12-5-7-13(8-6-12)20-16(22)9-11-10-19-14-3-1-2-4-15(14)21-17(11)23/h1-8,11,19H,9-10H2,(H,20,22)(H,21,23). The van der Waals surface area contributed by atoms with Crippen molar-refractivity contribution < 1.29 is 14.0 Å². The molecule has 3 N–H and O–H groups in total. The number of hydrogen-bond acceptors (Lipinski definition) is 3. The molecule has 2 aromatic carbocycles. The number of anilines is 3. The lowest BCUT2D eigenvalue weighted by atomic mass is 10.0. The summed E-state index contributed by atoms with van der Waals surface area (Å²) in [6.07, 6.45) is 0.0458. The van der Waals surface area contributed by atoms with Gasteiger partial charge in [-0.3, -0.25) is 9.59 Å². The molecule has 1 aliphatic heterocycles. The molecule has 2 amide bonds. The van der Waals surface area contributed by atoms with Gasteiger partial charge in [0, 0.05) is 18.7 Å². The van der Waals surface area contributed by atoms with Crippen LogP contribution in [0.15, 0.2) is 48.5 Å². The summed E-state index contributed by atoms with van der Waals surface area (Å²) in [4.78, 5) is 24.3. The zero-order valence-corrected chi connectivity index (χ0v) is 12.3. The molecule has 5 nitrogen and oxygen atoms in total. The van der Waals surface area contributed by atoms with Gasteiger partial charge >= 0.3 is 0 Å². The largest absolute Gasteiger partial charge is 0.383 e. The molecule has 1 atom stereocenters. The van der Waals surface area contributed by atoms with Gasteiger partial charge in [0.05, 0.1) is 17.3 Å². The van der Waals surface area contributed by atoms with Crippen LogP contribution in [0.1, 0.15) is 6.42 Å². The highest BCUT2D eigenvalue weighted by molar-refractivity contribution is 6.01. The maximum Gasteiger partial charge on any atom is 0.229 e. The highest BCUT2D eigenvalue weighted by Gasteiger charge is 2.25. The highest BCUT2D eigenvalue weighted by Crippen LogP contribution is 2.25. The van der Waals surface area contributed by atoms with Crippen molar-refractivity contribution in [3.05, 3.63) is 54.3 Å². The van der Waals surface area contributed by atoms with Crippen molar-refractivity contribution in [1.29, 1.82) is 0 Å². The maximum absolute atomic E-state index is 12.8. The summed E-state index contributed by atoms with van der Waals surface area (Å²) >= 11 is 0. The number of benzene rings is 2. The molecule has 0 saturated heterocycles. The molecule has 1 unspecified atom stereocenters. The Morgan fingerprint density at radius 1 is 1.13 bits per heavy atom. The second-order valence-corrected chi connectivity index (χ2v) is 5.37. The average molecular weight is 313 g/mol. The monoisotopic (exact) mass is 313 g/mol. The van der Waals surface area contributed by atoms with Crippen LogP contribution in [-0.2, 0) is 9.59 Å². The first kappa shape index (κ1) is 15.0. The van der Waals surface area contributed by atoms with Gasteiger partial charge in [0.15, 0.2) is 0 Å². The van der Waals surface area contributed by atoms with E-state index in [-0.39, 0.29) is 24.1 Å². The lowest BCUT2D eigenvalue weighted by Gasteiger charge is -2.13. The minimum Gasteiger partial charge on any atom is -0.383 e. The topological polar surface area (TPSA) is 70.2 Å². The zero-order chi connectivity index (χ0) is 16.2. The van der Waals surface area contributed by atoms with Crippen LogP contribution < -0.4 is 16.0 Å². The van der Waals surface area contributed by atoms with E-state index < -0.39 is 5.92 Å². The molecule has 1 aliphatic rings. The van der Waals surface area contributed by atoms with Crippen molar-refractivity contribution >= 4 is 28.9 Å². The van der Waals surface area contributed by atoms with E-state index in [1.54, 1.807) is 6.07 Å². The number of nitrogens with one attached hydrogen (secondary N) is 3. The van der Waals surface area contributed by atoms with Gasteiger partial charge < -0.3 is 16.0 Å². The summed E-state index contributed by atoms with van der Waals surface area (Å²) in [6, 6.07) is 12.9. The third-order valence-corrected chi connectivity index (χ3v) is 3.65. The number of rotatable bonds is 3. The van der Waals surface area contributed by atoms with Crippen LogP contribution >= 0.6 is 0 Å². The fourth-order valence-corrected chi connectivity index (χ4v) is 2.44. The summed E-state index contributed by atoms with van der Waals surface area (Å²) in [5.41, 5.74) is 2.04. The molecular weight excluding hydrogens is 297 g/mol. The minimum atomic E-state index is -0.483. The van der Waals surface area contributed by atoms with E-state index in [1.807, 2.05) is 18.2 Å². The number of halogens is 1. The Labute approximate surface area is 132 Å². The number of carbonyl (C=O) groups is 2. The van der Waals surface area contributed by atoms with E-state index in [4.69, 9.17) is 0 Å². The van der Waals surface area contributed by atoms with E-state index in [0.717, 1.165) is 5.69 Å². The van der Waals surface area contributed by atoms with Gasteiger partial charge in [0.2, 0.25) is 11.8 Å². The molecule has 6 heteroatoms. The van der Waals surface area contributed by atoms with Gasteiger partial charge in [-0.05, 0) is 36.4 Å². The Morgan fingerprint density at radius 2 is 1.83 bits per heavy atom. The third-order valence-electron chi connectivity index (χ3n) is 3.65. The van der Waals surface area contributed by atoms with Crippen molar-refractivity contribution in [3.63, 3.8) is 0 Å². The molecule has 0 saturated carbocycles. The smallest absolute Gasteiger partial charge is 0.229 e. The molecule has 0 bridgehead atoms. The maximum atomic E-state index is 12.8. The number of fused-ring (bicyclic) bond motifs is 1. The molecule has 23 heavy (non-hydrogen) atoms. The molecule has 0 radical (unpaired) electrons. The van der Waals surface area contributed by atoms with Crippen molar-refractivity contribution in [2.45, 2.75) is 6.42 Å². The molecule has 118 valence electrons. The predicted molar refractivity (Wildman–Crippen MR) is 86.7 cm³/mol. The fraction of sp³-hybridized carbons (Fsp3) is 0.176. The first-order chi connectivity index (χ1) is 11.1. The van der Waals surface area contributed by atoms with Crippen molar-refractivity contribution in [2.75, 3.05) is 22.5 Å². The lowest BCUT2D eigenvalue weighted by Crippen LogP contribution is -2.30. The SMILES string of the molecule is O=C(CC1CNc2ccccc2NC1=O)Nc1ccc(F)cc1. The Kier molecular flexibility index (Phi) is 4.23. The quantitative estimate of drug-likeness (QED) is 0.816. The second-order valence-electron chi connectivity index (χ2n) is 5.37. The Bertz CT molecular complexity index is 731. The molecular formula is C17H16FN3O2. The predicted octanol–water partition coefficient (Wildman–Crippen LogP) is 2.83. The van der Waals surface area contributed by atoms with Gasteiger partial charge in [-0.1, -0.05) is 12.1 Å². The molecule has 0 spiro atoms. The van der Waals surface area contributed by atoms with Crippen molar-refractivity contribution in [1.82, 2.24) is 0 Å². The fourth-order valence-electron chi connectivity index (χ4n) is 2.44. The Balaban J connectivity index is 1.63. The van der Waals surface area contributed by atoms with Crippen LogP contribution in [0.5, 0.6) is 0 Å². The van der Waals surface area contributed by atoms with Crippen LogP contribution in [0.2, 0.25) is 0 Å². The number of carbonyl (C=O) groups excluding carboxylic acids is 2. The Hall–Kier alpha value is -2.89. The second kappa shape index (κ2) is 6.48. The minimum absolute atomic E-state index is 0.0458. The van der Waals surface area contributed by atoms with E-state index in [1.165, 1.54) is 24.3 Å². The molecule has 3 rings (SSSR count). The van der Waals surface area contributed by atoms with Crippen molar-refractivity contribution in [3.8, 4) is 0 Å². The summed E-state index contributed by atoms with van der Waals surface area (Å²) in [7, 11) is 0. The van der Waals surface area contributed by atoms with Gasteiger partial charge in [-0.25, -0.2) is 4.39 Å². The molecule has 1 heterocycles. The molecule has 0 aromatic heterocycles. The molecule has 0 fully saturated rings. The van der Waals surface area contributed by atoms with Gasteiger partial charge in [0.1, 0.15) is 5.82 Å². The normalized spacial score (nSPS) is 16.6.